The van der Waals surface area contributed by atoms with Crippen molar-refractivity contribution < 1.29 is 19.8 Å². The molecular weight excluding hydrogens is 126 g/mol. The maximum absolute atomic E-state index is 9.79. The molecule has 0 saturated carbocycles. The Labute approximate surface area is 52.1 Å². The second-order valence-electron chi connectivity index (χ2n) is 1.64. The van der Waals surface area contributed by atoms with Crippen molar-refractivity contribution in [3.05, 3.63) is 0 Å². The molecule has 0 heterocycles. The lowest BCUT2D eigenvalue weighted by molar-refractivity contribution is -0.138. The van der Waals surface area contributed by atoms with Crippen molar-refractivity contribution in [1.82, 2.24) is 0 Å². The molecule has 0 spiro atoms. The number of carboxylic acids is 2. The minimum Gasteiger partial charge on any atom is -0.481 e. The van der Waals surface area contributed by atoms with Crippen LogP contribution in [0.1, 0.15) is 19.3 Å². The first-order chi connectivity index (χ1) is 4.13. The average molecular weight is 134 g/mol. The molecule has 0 rings (SSSR count). The molecule has 0 unspecified atom stereocenters. The van der Waals surface area contributed by atoms with Crippen molar-refractivity contribution >= 4 is 11.9 Å². The maximum atomic E-state index is 9.79. The van der Waals surface area contributed by atoms with Crippen LogP contribution in [-0.2, 0) is 9.59 Å². The highest BCUT2D eigenvalue weighted by atomic mass is 16.4. The van der Waals surface area contributed by atoms with E-state index in [0.29, 0.717) is 0 Å². The number of aliphatic carboxylic acids is 2. The van der Waals surface area contributed by atoms with Crippen LogP contribution in [0.3, 0.4) is 0 Å². The van der Waals surface area contributed by atoms with Crippen LogP contribution in [0.4, 0.5) is 0 Å². The second-order valence-corrected chi connectivity index (χ2v) is 1.64. The van der Waals surface area contributed by atoms with Crippen LogP contribution in [-0.4, -0.2) is 22.2 Å². The van der Waals surface area contributed by atoms with Crippen LogP contribution in [0, 0.1) is 0 Å². The predicted octanol–water partition coefficient (Wildman–Crippen LogP) is 0.326. The van der Waals surface area contributed by atoms with Crippen LogP contribution in [0.15, 0.2) is 0 Å². The second kappa shape index (κ2) is 3.88. The minimum absolute atomic E-state index is 0.0632. The molecule has 0 aliphatic carbocycles. The van der Waals surface area contributed by atoms with Gasteiger partial charge in [-0.25, -0.2) is 0 Å². The molecule has 0 aromatic rings. The Hall–Kier alpha value is -1.06. The van der Waals surface area contributed by atoms with Gasteiger partial charge in [0.1, 0.15) is 0 Å². The molecule has 52 valence electrons. The van der Waals surface area contributed by atoms with E-state index in [1.165, 1.54) is 0 Å². The number of rotatable bonds is 4. The van der Waals surface area contributed by atoms with Crippen LogP contribution >= 0.6 is 0 Å². The van der Waals surface area contributed by atoms with Gasteiger partial charge in [-0.2, -0.15) is 0 Å². The molecule has 9 heavy (non-hydrogen) atoms. The normalized spacial score (nSPS) is 8.89. The first-order valence-electron chi connectivity index (χ1n) is 2.56. The molecule has 0 aromatic carbocycles. The summed E-state index contributed by atoms with van der Waals surface area (Å²) >= 11 is 0. The highest BCUT2D eigenvalue weighted by Gasteiger charge is 1.99. The predicted molar refractivity (Wildman–Crippen MR) is 29.1 cm³/mol. The van der Waals surface area contributed by atoms with Gasteiger partial charge < -0.3 is 10.2 Å². The van der Waals surface area contributed by atoms with E-state index in [1.54, 1.807) is 0 Å². The summed E-state index contributed by atoms with van der Waals surface area (Å²) in [6.45, 7) is 0. The molecule has 0 amide bonds. The van der Waals surface area contributed by atoms with Gasteiger partial charge in [0.25, 0.3) is 0 Å². The van der Waals surface area contributed by atoms with E-state index >= 15 is 0 Å². The Bertz CT molecular complexity index is 104. The van der Waals surface area contributed by atoms with Crippen LogP contribution in [0.5, 0.6) is 0 Å². The van der Waals surface area contributed by atoms with E-state index in [2.05, 4.69) is 0 Å². The highest BCUT2D eigenvalue weighted by Crippen LogP contribution is 1.93. The van der Waals surface area contributed by atoms with Gasteiger partial charge in [0.05, 0.1) is 0 Å². The van der Waals surface area contributed by atoms with E-state index < -0.39 is 11.9 Å². The molecule has 0 atom stereocenters. The van der Waals surface area contributed by atoms with E-state index in [0.717, 1.165) is 0 Å². The molecule has 0 bridgehead atoms. The summed E-state index contributed by atoms with van der Waals surface area (Å²) in [6.07, 6.45) is 0.0866. The third-order valence-electron chi connectivity index (χ3n) is 0.781. The van der Waals surface area contributed by atoms with Gasteiger partial charge in [0.2, 0.25) is 0 Å². The van der Waals surface area contributed by atoms with Gasteiger partial charge in [-0.3, -0.25) is 9.59 Å². The SMILES string of the molecule is O=C(O)CC[14CH2]C(=O)O. The molecule has 0 aliphatic heterocycles. The summed E-state index contributed by atoms with van der Waals surface area (Å²) < 4.78 is 0. The maximum Gasteiger partial charge on any atom is 0.303 e. The lowest BCUT2D eigenvalue weighted by atomic mass is 10.4. The Morgan fingerprint density at radius 2 is 1.89 bits per heavy atom. The Balaban J connectivity index is 3.10. The van der Waals surface area contributed by atoms with Gasteiger partial charge >= 0.3 is 11.9 Å². The quantitative estimate of drug-likeness (QED) is 0.580. The smallest absolute Gasteiger partial charge is 0.303 e. The van der Waals surface area contributed by atoms with Crippen LogP contribution in [0.2, 0.25) is 0 Å². The summed E-state index contributed by atoms with van der Waals surface area (Å²) in [4.78, 5) is 19.6. The summed E-state index contributed by atoms with van der Waals surface area (Å²) in [5.74, 6) is -1.90. The number of hydrogen-bond acceptors (Lipinski definition) is 2. The fourth-order valence-electron chi connectivity index (χ4n) is 0.391. The standard InChI is InChI=1S/C5H8O4/c6-4(7)2-1-3-5(8)9/h1-3H2,(H,6,7)(H,8,9)/i2+2. The summed E-state index contributed by atoms with van der Waals surface area (Å²) in [6, 6.07) is 0. The molecule has 0 aliphatic rings. The zero-order valence-electron chi connectivity index (χ0n) is 4.83. The number of hydrogen-bond donors (Lipinski definition) is 2. The van der Waals surface area contributed by atoms with Gasteiger partial charge in [-0.1, -0.05) is 0 Å². The van der Waals surface area contributed by atoms with Gasteiger partial charge in [-0.15, -0.1) is 0 Å². The average Bonchev–Trinajstić information content (AvgIpc) is 1.63. The molecule has 0 aromatic heterocycles. The van der Waals surface area contributed by atoms with Gasteiger partial charge in [-0.05, 0) is 6.42 Å². The largest absolute Gasteiger partial charge is 0.481 e. The minimum atomic E-state index is -0.948. The van der Waals surface area contributed by atoms with Crippen molar-refractivity contribution in [1.29, 1.82) is 0 Å². The van der Waals surface area contributed by atoms with Crippen molar-refractivity contribution in [2.24, 2.45) is 0 Å². The summed E-state index contributed by atoms with van der Waals surface area (Å²) in [7, 11) is 0. The molecule has 4 nitrogen and oxygen atoms in total. The Kier molecular flexibility index (Phi) is 3.43. The number of carbonyl (C=O) groups is 2. The molecule has 4 heteroatoms. The topological polar surface area (TPSA) is 74.6 Å². The van der Waals surface area contributed by atoms with Crippen molar-refractivity contribution in [3.63, 3.8) is 0 Å². The van der Waals surface area contributed by atoms with E-state index in [1.807, 2.05) is 0 Å². The van der Waals surface area contributed by atoms with Crippen molar-refractivity contribution in [3.8, 4) is 0 Å². The molecule has 0 radical (unpaired) electrons. The van der Waals surface area contributed by atoms with Crippen LogP contribution < -0.4 is 0 Å². The van der Waals surface area contributed by atoms with Crippen molar-refractivity contribution in [2.75, 3.05) is 0 Å². The first kappa shape index (κ1) is 7.94. The van der Waals surface area contributed by atoms with Crippen LogP contribution in [0.25, 0.3) is 0 Å². The lowest BCUT2D eigenvalue weighted by Gasteiger charge is -1.89. The molecule has 0 saturated heterocycles. The molecule has 2 N–H and O–H groups in total. The summed E-state index contributed by atoms with van der Waals surface area (Å²) in [5.41, 5.74) is 0. The van der Waals surface area contributed by atoms with Crippen molar-refractivity contribution in [2.45, 2.75) is 19.3 Å². The van der Waals surface area contributed by atoms with E-state index in [9.17, 15) is 9.59 Å². The third kappa shape index (κ3) is 6.94. The van der Waals surface area contributed by atoms with E-state index in [-0.39, 0.29) is 19.3 Å². The Morgan fingerprint density at radius 3 is 2.22 bits per heavy atom. The van der Waals surface area contributed by atoms with Gasteiger partial charge in [0.15, 0.2) is 0 Å². The monoisotopic (exact) mass is 134 g/mol. The molecular formula is C5H8O4. The number of carboxylic acid groups (broad SMARTS) is 2. The zero-order valence-corrected chi connectivity index (χ0v) is 4.83. The lowest BCUT2D eigenvalue weighted by Crippen LogP contribution is -1.98. The fourth-order valence-corrected chi connectivity index (χ4v) is 0.391. The fraction of sp³-hybridized carbons (Fsp3) is 0.600. The third-order valence-corrected chi connectivity index (χ3v) is 0.781. The summed E-state index contributed by atoms with van der Waals surface area (Å²) in [5, 5.41) is 16.1. The Morgan fingerprint density at radius 1 is 1.33 bits per heavy atom. The molecule has 0 fully saturated rings. The zero-order chi connectivity index (χ0) is 7.28. The van der Waals surface area contributed by atoms with Gasteiger partial charge in [0, 0.05) is 12.8 Å². The van der Waals surface area contributed by atoms with E-state index in [4.69, 9.17) is 10.2 Å². The highest BCUT2D eigenvalue weighted by molar-refractivity contribution is 5.69. The first-order valence-corrected chi connectivity index (χ1v) is 2.56.